The Morgan fingerprint density at radius 2 is 2.23 bits per heavy atom. The van der Waals surface area contributed by atoms with Gasteiger partial charge in [-0.15, -0.1) is 0 Å². The van der Waals surface area contributed by atoms with Crippen molar-refractivity contribution in [3.05, 3.63) is 0 Å². The highest BCUT2D eigenvalue weighted by Crippen LogP contribution is 2.57. The highest BCUT2D eigenvalue weighted by atomic mass is 16.6. The SMILES string of the molecule is O=C(O)[C@H]1[C@@H]2C[C@H]3[C@@H]1C(=O)O[C@@H]3C2. The Bertz CT molecular complexity index is 296. The molecule has 0 unspecified atom stereocenters. The van der Waals surface area contributed by atoms with Crippen molar-refractivity contribution in [1.82, 2.24) is 0 Å². The molecule has 1 saturated heterocycles. The lowest BCUT2D eigenvalue weighted by Gasteiger charge is -2.19. The van der Waals surface area contributed by atoms with E-state index < -0.39 is 11.9 Å². The zero-order valence-corrected chi connectivity index (χ0v) is 6.97. The summed E-state index contributed by atoms with van der Waals surface area (Å²) >= 11 is 0. The highest BCUT2D eigenvalue weighted by molar-refractivity contribution is 5.84. The van der Waals surface area contributed by atoms with Gasteiger partial charge in [0, 0.05) is 5.92 Å². The summed E-state index contributed by atoms with van der Waals surface area (Å²) in [4.78, 5) is 22.2. The standard InChI is InChI=1S/C9H10O4/c10-8(11)6-3-1-4-5(2-3)13-9(12)7(4)6/h3-7H,1-2H2,(H,10,11)/t3-,4-,5-,6+,7+/m1/s1. The second-order valence-corrected chi connectivity index (χ2v) is 4.26. The minimum absolute atomic E-state index is 0.0399. The van der Waals surface area contributed by atoms with Crippen LogP contribution in [0.3, 0.4) is 0 Å². The van der Waals surface area contributed by atoms with Crippen molar-refractivity contribution in [2.24, 2.45) is 23.7 Å². The summed E-state index contributed by atoms with van der Waals surface area (Å²) in [7, 11) is 0. The Morgan fingerprint density at radius 3 is 2.92 bits per heavy atom. The number of fused-ring (bicyclic) bond motifs is 1. The van der Waals surface area contributed by atoms with Gasteiger partial charge >= 0.3 is 11.9 Å². The fraction of sp³-hybridized carbons (Fsp3) is 0.778. The molecule has 2 bridgehead atoms. The van der Waals surface area contributed by atoms with Crippen molar-refractivity contribution >= 4 is 11.9 Å². The molecule has 4 nitrogen and oxygen atoms in total. The Hall–Kier alpha value is -1.06. The third-order valence-corrected chi connectivity index (χ3v) is 3.77. The van der Waals surface area contributed by atoms with Gasteiger partial charge in [0.15, 0.2) is 0 Å². The van der Waals surface area contributed by atoms with Crippen LogP contribution in [0.25, 0.3) is 0 Å². The first-order valence-corrected chi connectivity index (χ1v) is 4.62. The van der Waals surface area contributed by atoms with Crippen LogP contribution in [-0.4, -0.2) is 23.1 Å². The van der Waals surface area contributed by atoms with Crippen molar-refractivity contribution in [2.45, 2.75) is 18.9 Å². The largest absolute Gasteiger partial charge is 0.481 e. The molecule has 2 saturated carbocycles. The van der Waals surface area contributed by atoms with Crippen LogP contribution in [-0.2, 0) is 14.3 Å². The third kappa shape index (κ3) is 0.716. The summed E-state index contributed by atoms with van der Waals surface area (Å²) < 4.78 is 5.12. The number of hydrogen-bond donors (Lipinski definition) is 1. The lowest BCUT2D eigenvalue weighted by molar-refractivity contribution is -0.151. The van der Waals surface area contributed by atoms with E-state index in [-0.39, 0.29) is 29.8 Å². The Kier molecular flexibility index (Phi) is 1.16. The molecule has 0 aromatic carbocycles. The van der Waals surface area contributed by atoms with Gasteiger partial charge in [-0.3, -0.25) is 9.59 Å². The van der Waals surface area contributed by atoms with Crippen LogP contribution < -0.4 is 0 Å². The van der Waals surface area contributed by atoms with Gasteiger partial charge in [-0.1, -0.05) is 0 Å². The number of esters is 1. The average Bonchev–Trinajstić information content (AvgIpc) is 2.60. The maximum atomic E-state index is 11.3. The molecule has 0 spiro atoms. The molecule has 3 rings (SSSR count). The molecule has 1 aliphatic heterocycles. The van der Waals surface area contributed by atoms with E-state index in [1.54, 1.807) is 0 Å². The van der Waals surface area contributed by atoms with Crippen molar-refractivity contribution in [1.29, 1.82) is 0 Å². The monoisotopic (exact) mass is 182 g/mol. The van der Waals surface area contributed by atoms with E-state index in [1.807, 2.05) is 0 Å². The molecular weight excluding hydrogens is 172 g/mol. The topological polar surface area (TPSA) is 63.6 Å². The fourth-order valence-electron chi connectivity index (χ4n) is 3.34. The van der Waals surface area contributed by atoms with Gasteiger partial charge in [0.25, 0.3) is 0 Å². The van der Waals surface area contributed by atoms with Crippen LogP contribution in [0.5, 0.6) is 0 Å². The normalized spacial score (nSPS) is 51.1. The zero-order chi connectivity index (χ0) is 9.16. The van der Waals surface area contributed by atoms with E-state index in [4.69, 9.17) is 9.84 Å². The van der Waals surface area contributed by atoms with Crippen LogP contribution in [0.1, 0.15) is 12.8 Å². The molecule has 70 valence electrons. The zero-order valence-electron chi connectivity index (χ0n) is 6.97. The minimum Gasteiger partial charge on any atom is -0.481 e. The minimum atomic E-state index is -0.824. The maximum absolute atomic E-state index is 11.3. The molecule has 1 heterocycles. The molecule has 3 fully saturated rings. The predicted molar refractivity (Wildman–Crippen MR) is 40.7 cm³/mol. The van der Waals surface area contributed by atoms with E-state index in [0.29, 0.717) is 0 Å². The summed E-state index contributed by atoms with van der Waals surface area (Å²) in [5, 5.41) is 8.97. The van der Waals surface area contributed by atoms with Gasteiger partial charge in [0.2, 0.25) is 0 Å². The summed E-state index contributed by atoms with van der Waals surface area (Å²) in [6.45, 7) is 0. The molecule has 4 heteroatoms. The Morgan fingerprint density at radius 1 is 1.46 bits per heavy atom. The fourth-order valence-corrected chi connectivity index (χ4v) is 3.34. The second kappa shape index (κ2) is 2.05. The molecule has 3 aliphatic rings. The predicted octanol–water partition coefficient (Wildman–Crippen LogP) is 0.269. The first-order chi connectivity index (χ1) is 6.18. The maximum Gasteiger partial charge on any atom is 0.310 e. The number of hydrogen-bond acceptors (Lipinski definition) is 3. The van der Waals surface area contributed by atoms with Gasteiger partial charge in [0.05, 0.1) is 11.8 Å². The van der Waals surface area contributed by atoms with Crippen molar-refractivity contribution in [3.63, 3.8) is 0 Å². The number of carboxylic acids is 1. The lowest BCUT2D eigenvalue weighted by atomic mass is 9.80. The third-order valence-electron chi connectivity index (χ3n) is 3.77. The first-order valence-electron chi connectivity index (χ1n) is 4.62. The second-order valence-electron chi connectivity index (χ2n) is 4.26. The van der Waals surface area contributed by atoms with Crippen LogP contribution in [0.4, 0.5) is 0 Å². The number of rotatable bonds is 1. The van der Waals surface area contributed by atoms with Crippen molar-refractivity contribution < 1.29 is 19.4 Å². The highest BCUT2D eigenvalue weighted by Gasteiger charge is 2.64. The number of carbonyl (C=O) groups excluding carboxylic acids is 1. The molecule has 5 atom stereocenters. The summed E-state index contributed by atoms with van der Waals surface area (Å²) in [5.41, 5.74) is 0. The number of carbonyl (C=O) groups is 2. The average molecular weight is 182 g/mol. The van der Waals surface area contributed by atoms with Gasteiger partial charge in [-0.2, -0.15) is 0 Å². The number of aliphatic carboxylic acids is 1. The van der Waals surface area contributed by atoms with E-state index >= 15 is 0 Å². The van der Waals surface area contributed by atoms with Gasteiger partial charge in [-0.25, -0.2) is 0 Å². The Balaban J connectivity index is 2.01. The quantitative estimate of drug-likeness (QED) is 0.591. The van der Waals surface area contributed by atoms with E-state index in [1.165, 1.54) is 0 Å². The molecule has 0 aromatic rings. The first kappa shape index (κ1) is 7.35. The lowest BCUT2D eigenvalue weighted by Crippen LogP contribution is -2.31. The van der Waals surface area contributed by atoms with Crippen LogP contribution in [0, 0.1) is 23.7 Å². The van der Waals surface area contributed by atoms with Crippen molar-refractivity contribution in [2.75, 3.05) is 0 Å². The molecule has 0 amide bonds. The molecule has 0 radical (unpaired) electrons. The van der Waals surface area contributed by atoms with Gasteiger partial charge < -0.3 is 9.84 Å². The Labute approximate surface area is 74.9 Å². The molecular formula is C9H10O4. The van der Waals surface area contributed by atoms with E-state index in [0.717, 1.165) is 12.8 Å². The molecule has 13 heavy (non-hydrogen) atoms. The van der Waals surface area contributed by atoms with Crippen LogP contribution >= 0.6 is 0 Å². The van der Waals surface area contributed by atoms with E-state index in [9.17, 15) is 9.59 Å². The smallest absolute Gasteiger partial charge is 0.310 e. The summed E-state index contributed by atoms with van der Waals surface area (Å²) in [6.07, 6.45) is 1.68. The molecule has 0 aromatic heterocycles. The summed E-state index contributed by atoms with van der Waals surface area (Å²) in [6, 6.07) is 0. The van der Waals surface area contributed by atoms with Crippen molar-refractivity contribution in [3.8, 4) is 0 Å². The van der Waals surface area contributed by atoms with Crippen LogP contribution in [0.2, 0.25) is 0 Å². The molecule has 2 aliphatic carbocycles. The van der Waals surface area contributed by atoms with Crippen LogP contribution in [0.15, 0.2) is 0 Å². The number of ether oxygens (including phenoxy) is 1. The van der Waals surface area contributed by atoms with E-state index in [2.05, 4.69) is 0 Å². The summed E-state index contributed by atoms with van der Waals surface area (Å²) in [5.74, 6) is -1.50. The van der Waals surface area contributed by atoms with Gasteiger partial charge in [-0.05, 0) is 18.8 Å². The number of carboxylic acid groups (broad SMARTS) is 1. The molecule has 1 N–H and O–H groups in total. The van der Waals surface area contributed by atoms with Gasteiger partial charge in [0.1, 0.15) is 6.10 Å².